The van der Waals surface area contributed by atoms with Crippen molar-refractivity contribution in [3.63, 3.8) is 0 Å². The van der Waals surface area contributed by atoms with Crippen LogP contribution in [0.2, 0.25) is 0 Å². The standard InChI is InChI=1S/C9H9O6P.2Na.2H/c1-6(10)7-3-2-4-8(5-7)15-16(13,14)9(11)12;;;;/h2-5H,1H3,(H,11,12)(H,13,14);;;;. The molecule has 18 heavy (non-hydrogen) atoms. The molecule has 0 aliphatic carbocycles. The summed E-state index contributed by atoms with van der Waals surface area (Å²) in [6, 6.07) is 5.40. The summed E-state index contributed by atoms with van der Waals surface area (Å²) in [4.78, 5) is 30.3. The Kier molecular flexibility index (Phi) is 9.77. The molecular formula is C9H11Na2O6P. The van der Waals surface area contributed by atoms with E-state index >= 15 is 0 Å². The predicted molar refractivity (Wildman–Crippen MR) is 69.2 cm³/mol. The van der Waals surface area contributed by atoms with Gasteiger partial charge in [0.15, 0.2) is 5.78 Å². The molecule has 1 aromatic carbocycles. The van der Waals surface area contributed by atoms with Gasteiger partial charge in [0.05, 0.1) is 0 Å². The van der Waals surface area contributed by atoms with Gasteiger partial charge in [0, 0.05) is 5.56 Å². The van der Waals surface area contributed by atoms with Crippen LogP contribution in [0.5, 0.6) is 5.75 Å². The Hall–Kier alpha value is 0.350. The number of rotatable bonds is 4. The van der Waals surface area contributed by atoms with Crippen molar-refractivity contribution in [2.45, 2.75) is 6.92 Å². The zero-order valence-electron chi connectivity index (χ0n) is 8.28. The Balaban J connectivity index is 0. The second-order valence-electron chi connectivity index (χ2n) is 2.98. The van der Waals surface area contributed by atoms with Crippen molar-refractivity contribution in [1.82, 2.24) is 0 Å². The van der Waals surface area contributed by atoms with Gasteiger partial charge in [-0.15, -0.1) is 0 Å². The van der Waals surface area contributed by atoms with E-state index in [9.17, 15) is 14.2 Å². The monoisotopic (exact) mass is 292 g/mol. The van der Waals surface area contributed by atoms with Crippen LogP contribution in [0.15, 0.2) is 24.3 Å². The third-order valence-electron chi connectivity index (χ3n) is 1.71. The van der Waals surface area contributed by atoms with Gasteiger partial charge in [0.2, 0.25) is 0 Å². The van der Waals surface area contributed by atoms with Crippen LogP contribution in [0.25, 0.3) is 0 Å². The van der Waals surface area contributed by atoms with Crippen LogP contribution < -0.4 is 4.52 Å². The second-order valence-corrected chi connectivity index (χ2v) is 4.58. The molecule has 0 heterocycles. The molecule has 0 fully saturated rings. The van der Waals surface area contributed by atoms with E-state index in [0.29, 0.717) is 0 Å². The summed E-state index contributed by atoms with van der Waals surface area (Å²) in [5.41, 5.74) is -1.68. The first-order valence-electron chi connectivity index (χ1n) is 4.20. The number of Topliss-reactive ketones (excluding diaryl/α,β-unsaturated/α-hetero) is 1. The number of hydrogen-bond donors (Lipinski definition) is 2. The molecule has 2 N–H and O–H groups in total. The van der Waals surface area contributed by atoms with Crippen LogP contribution in [0, 0.1) is 0 Å². The molecule has 0 amide bonds. The van der Waals surface area contributed by atoms with Gasteiger partial charge in [0.25, 0.3) is 0 Å². The minimum absolute atomic E-state index is 0. The van der Waals surface area contributed by atoms with Crippen molar-refractivity contribution < 1.29 is 28.7 Å². The van der Waals surface area contributed by atoms with Gasteiger partial charge in [-0.05, 0) is 19.1 Å². The van der Waals surface area contributed by atoms with Crippen molar-refractivity contribution in [1.29, 1.82) is 0 Å². The summed E-state index contributed by atoms with van der Waals surface area (Å²) in [6.07, 6.45) is 0. The summed E-state index contributed by atoms with van der Waals surface area (Å²) in [7, 11) is -4.73. The first-order chi connectivity index (χ1) is 7.33. The Labute approximate surface area is 148 Å². The van der Waals surface area contributed by atoms with E-state index < -0.39 is 13.3 Å². The Morgan fingerprint density at radius 2 is 1.83 bits per heavy atom. The zero-order valence-corrected chi connectivity index (χ0v) is 9.18. The quantitative estimate of drug-likeness (QED) is 0.484. The van der Waals surface area contributed by atoms with Crippen molar-refractivity contribution in [3.8, 4) is 5.75 Å². The molecule has 0 aliphatic rings. The van der Waals surface area contributed by atoms with E-state index in [1.807, 2.05) is 0 Å². The molecule has 0 spiro atoms. The van der Waals surface area contributed by atoms with Crippen LogP contribution in [0.4, 0.5) is 4.79 Å². The predicted octanol–water partition coefficient (Wildman–Crippen LogP) is 0.834. The first-order valence-corrected chi connectivity index (χ1v) is 5.77. The third-order valence-corrected chi connectivity index (χ3v) is 2.65. The Bertz CT molecular complexity index is 490. The molecule has 0 radical (unpaired) electrons. The van der Waals surface area contributed by atoms with E-state index in [1.165, 1.54) is 31.2 Å². The number of benzene rings is 1. The molecule has 9 heteroatoms. The molecule has 0 saturated carbocycles. The van der Waals surface area contributed by atoms with E-state index in [0.717, 1.165) is 0 Å². The molecule has 0 saturated heterocycles. The fourth-order valence-corrected chi connectivity index (χ4v) is 1.43. The Morgan fingerprint density at radius 1 is 1.28 bits per heavy atom. The summed E-state index contributed by atoms with van der Waals surface area (Å²) < 4.78 is 15.4. The molecular weight excluding hydrogens is 281 g/mol. The number of carboxylic acid groups (broad SMARTS) is 1. The molecule has 6 nitrogen and oxygen atoms in total. The average Bonchev–Trinajstić information content (AvgIpc) is 2.17. The van der Waals surface area contributed by atoms with Crippen molar-refractivity contribution in [2.75, 3.05) is 0 Å². The van der Waals surface area contributed by atoms with Crippen LogP contribution in [-0.4, -0.2) is 80.6 Å². The molecule has 0 aromatic heterocycles. The fourth-order valence-electron chi connectivity index (χ4n) is 0.954. The molecule has 1 unspecified atom stereocenters. The number of carbonyl (C=O) groups excluding carboxylic acids is 1. The SMILES string of the molecule is CC(=O)c1cccc(OP(=O)(O)C(=O)O)c1.[NaH].[NaH]. The minimum atomic E-state index is -4.73. The molecule has 90 valence electrons. The van der Waals surface area contributed by atoms with Crippen LogP contribution in [-0.2, 0) is 4.57 Å². The maximum absolute atomic E-state index is 11.0. The van der Waals surface area contributed by atoms with Gasteiger partial charge < -0.3 is 14.5 Å². The summed E-state index contributed by atoms with van der Waals surface area (Å²) >= 11 is 0. The fraction of sp³-hybridized carbons (Fsp3) is 0.111. The van der Waals surface area contributed by atoms with Gasteiger partial charge in [-0.1, -0.05) is 12.1 Å². The van der Waals surface area contributed by atoms with E-state index in [1.54, 1.807) is 0 Å². The van der Waals surface area contributed by atoms with Crippen molar-refractivity contribution in [3.05, 3.63) is 29.8 Å². The van der Waals surface area contributed by atoms with Crippen molar-refractivity contribution in [2.24, 2.45) is 0 Å². The normalized spacial score (nSPS) is 12.3. The Morgan fingerprint density at radius 3 is 2.28 bits per heavy atom. The van der Waals surface area contributed by atoms with Gasteiger partial charge in [-0.25, -0.2) is 9.36 Å². The molecule has 1 atom stereocenters. The number of carbonyl (C=O) groups is 2. The summed E-state index contributed by atoms with van der Waals surface area (Å²) in [5.74, 6) is -0.394. The third kappa shape index (κ3) is 5.99. The zero-order chi connectivity index (χ0) is 12.3. The van der Waals surface area contributed by atoms with Gasteiger partial charge in [0.1, 0.15) is 5.75 Å². The molecule has 0 aliphatic heterocycles. The molecule has 1 aromatic rings. The average molecular weight is 292 g/mol. The number of hydrogen-bond acceptors (Lipinski definition) is 4. The van der Waals surface area contributed by atoms with Gasteiger partial charge >= 0.3 is 72.4 Å². The second kappa shape index (κ2) is 8.51. The van der Waals surface area contributed by atoms with Crippen LogP contribution >= 0.6 is 7.60 Å². The summed E-state index contributed by atoms with van der Waals surface area (Å²) in [5, 5.41) is 8.38. The van der Waals surface area contributed by atoms with E-state index in [2.05, 4.69) is 4.52 Å². The van der Waals surface area contributed by atoms with E-state index in [-0.39, 0.29) is 76.2 Å². The number of ketones is 1. The van der Waals surface area contributed by atoms with Gasteiger partial charge in [-0.3, -0.25) is 4.79 Å². The van der Waals surface area contributed by atoms with Crippen LogP contribution in [0.3, 0.4) is 0 Å². The first kappa shape index (κ1) is 20.7. The maximum atomic E-state index is 11.0. The topological polar surface area (TPSA) is 101 Å². The molecule has 0 bridgehead atoms. The van der Waals surface area contributed by atoms with Crippen LogP contribution in [0.1, 0.15) is 17.3 Å². The van der Waals surface area contributed by atoms with Crippen molar-refractivity contribution >= 4 is 78.2 Å². The van der Waals surface area contributed by atoms with Gasteiger partial charge in [-0.2, -0.15) is 0 Å². The molecule has 1 rings (SSSR count). The summed E-state index contributed by atoms with van der Waals surface area (Å²) in [6.45, 7) is 1.31. The van der Waals surface area contributed by atoms with E-state index in [4.69, 9.17) is 10.00 Å².